The van der Waals surface area contributed by atoms with Crippen molar-refractivity contribution >= 4 is 5.82 Å². The lowest BCUT2D eigenvalue weighted by molar-refractivity contribution is 0.281. The normalized spacial score (nSPS) is 12.5. The summed E-state index contributed by atoms with van der Waals surface area (Å²) in [6.07, 6.45) is 4.07. The molecule has 15 heavy (non-hydrogen) atoms. The number of nitrogens with zero attached hydrogens (tertiary/aromatic N) is 2. The molecule has 0 aromatic carbocycles. The number of hydrogen-bond acceptors (Lipinski definition) is 3. The Morgan fingerprint density at radius 3 is 2.67 bits per heavy atom. The summed E-state index contributed by atoms with van der Waals surface area (Å²) in [5.41, 5.74) is 0.857. The first kappa shape index (κ1) is 12.0. The van der Waals surface area contributed by atoms with Gasteiger partial charge in [0.05, 0.1) is 6.61 Å². The quantitative estimate of drug-likeness (QED) is 0.806. The van der Waals surface area contributed by atoms with Crippen LogP contribution in [-0.2, 0) is 6.61 Å². The molecule has 0 saturated carbocycles. The van der Waals surface area contributed by atoms with Crippen LogP contribution < -0.4 is 4.90 Å². The number of aliphatic hydroxyl groups is 1. The van der Waals surface area contributed by atoms with Gasteiger partial charge in [-0.2, -0.15) is 0 Å². The fraction of sp³-hybridized carbons (Fsp3) is 0.583. The van der Waals surface area contributed by atoms with Crippen LogP contribution in [0.2, 0.25) is 0 Å². The molecule has 0 radical (unpaired) electrons. The molecule has 0 amide bonds. The lowest BCUT2D eigenvalue weighted by Crippen LogP contribution is -2.29. The molecule has 0 aliphatic carbocycles. The van der Waals surface area contributed by atoms with E-state index < -0.39 is 0 Å². The molecule has 0 aliphatic heterocycles. The third-order valence-corrected chi connectivity index (χ3v) is 2.72. The number of pyridine rings is 1. The first-order valence-electron chi connectivity index (χ1n) is 5.47. The summed E-state index contributed by atoms with van der Waals surface area (Å²) in [6.45, 7) is 4.44. The molecule has 3 heteroatoms. The van der Waals surface area contributed by atoms with E-state index in [0.29, 0.717) is 6.04 Å². The zero-order valence-corrected chi connectivity index (χ0v) is 9.77. The molecule has 1 heterocycles. The molecule has 1 aromatic heterocycles. The van der Waals surface area contributed by atoms with Crippen LogP contribution in [0.25, 0.3) is 0 Å². The van der Waals surface area contributed by atoms with Gasteiger partial charge in [-0.05, 0) is 25.0 Å². The topological polar surface area (TPSA) is 36.4 Å². The molecule has 1 rings (SSSR count). The molecule has 84 valence electrons. The van der Waals surface area contributed by atoms with Gasteiger partial charge in [0, 0.05) is 19.3 Å². The van der Waals surface area contributed by atoms with E-state index in [0.717, 1.165) is 11.4 Å². The standard InChI is InChI=1S/C12H20N2O/c1-4-5-10(2)14(3)12-7-6-11(9-15)8-13-12/h6-8,10,15H,4-5,9H2,1-3H3. The summed E-state index contributed by atoms with van der Waals surface area (Å²) in [5, 5.41) is 8.91. The Balaban J connectivity index is 2.69. The SMILES string of the molecule is CCCC(C)N(C)c1ccc(CO)cn1. The maximum Gasteiger partial charge on any atom is 0.128 e. The zero-order chi connectivity index (χ0) is 11.3. The van der Waals surface area contributed by atoms with Gasteiger partial charge in [0.1, 0.15) is 5.82 Å². The molecule has 0 bridgehead atoms. The summed E-state index contributed by atoms with van der Waals surface area (Å²) in [7, 11) is 2.06. The van der Waals surface area contributed by atoms with E-state index in [4.69, 9.17) is 5.11 Å². The molecule has 1 N–H and O–H groups in total. The van der Waals surface area contributed by atoms with Crippen LogP contribution in [0.15, 0.2) is 18.3 Å². The predicted octanol–water partition coefficient (Wildman–Crippen LogP) is 2.20. The number of aromatic nitrogens is 1. The highest BCUT2D eigenvalue weighted by Gasteiger charge is 2.09. The van der Waals surface area contributed by atoms with E-state index in [1.165, 1.54) is 12.8 Å². The molecule has 0 fully saturated rings. The second-order valence-corrected chi connectivity index (χ2v) is 3.93. The highest BCUT2D eigenvalue weighted by atomic mass is 16.3. The second kappa shape index (κ2) is 5.71. The molecule has 1 aromatic rings. The van der Waals surface area contributed by atoms with Crippen LogP contribution in [0.3, 0.4) is 0 Å². The van der Waals surface area contributed by atoms with Gasteiger partial charge in [-0.25, -0.2) is 4.98 Å². The molecule has 0 spiro atoms. The minimum atomic E-state index is 0.0571. The average molecular weight is 208 g/mol. The third kappa shape index (κ3) is 3.20. The first-order chi connectivity index (χ1) is 7.19. The number of rotatable bonds is 5. The van der Waals surface area contributed by atoms with Crippen molar-refractivity contribution in [3.05, 3.63) is 23.9 Å². The highest BCUT2D eigenvalue weighted by molar-refractivity contribution is 5.39. The van der Waals surface area contributed by atoms with Crippen LogP contribution in [-0.4, -0.2) is 23.2 Å². The van der Waals surface area contributed by atoms with Gasteiger partial charge in [0.25, 0.3) is 0 Å². The largest absolute Gasteiger partial charge is 0.392 e. The fourth-order valence-electron chi connectivity index (χ4n) is 1.56. The van der Waals surface area contributed by atoms with E-state index in [1.807, 2.05) is 12.1 Å². The Morgan fingerprint density at radius 1 is 1.47 bits per heavy atom. The number of aliphatic hydroxyl groups excluding tert-OH is 1. The Morgan fingerprint density at radius 2 is 2.20 bits per heavy atom. The number of hydrogen-bond donors (Lipinski definition) is 1. The van der Waals surface area contributed by atoms with E-state index in [-0.39, 0.29) is 6.61 Å². The molecule has 0 aliphatic rings. The van der Waals surface area contributed by atoms with Gasteiger partial charge in [-0.15, -0.1) is 0 Å². The average Bonchev–Trinajstić information content (AvgIpc) is 2.28. The Labute approximate surface area is 91.8 Å². The molecule has 1 unspecified atom stereocenters. The molecule has 0 saturated heterocycles. The van der Waals surface area contributed by atoms with Crippen LogP contribution in [0.5, 0.6) is 0 Å². The van der Waals surface area contributed by atoms with Gasteiger partial charge >= 0.3 is 0 Å². The summed E-state index contributed by atoms with van der Waals surface area (Å²) in [4.78, 5) is 6.49. The van der Waals surface area contributed by atoms with Gasteiger partial charge < -0.3 is 10.0 Å². The van der Waals surface area contributed by atoms with E-state index in [2.05, 4.69) is 30.8 Å². The van der Waals surface area contributed by atoms with Gasteiger partial charge in [-0.1, -0.05) is 19.4 Å². The van der Waals surface area contributed by atoms with E-state index in [9.17, 15) is 0 Å². The van der Waals surface area contributed by atoms with Crippen molar-refractivity contribution in [1.29, 1.82) is 0 Å². The summed E-state index contributed by atoms with van der Waals surface area (Å²) < 4.78 is 0. The molecule has 3 nitrogen and oxygen atoms in total. The van der Waals surface area contributed by atoms with Crippen LogP contribution >= 0.6 is 0 Å². The smallest absolute Gasteiger partial charge is 0.128 e. The van der Waals surface area contributed by atoms with Crippen molar-refractivity contribution in [1.82, 2.24) is 4.98 Å². The maximum absolute atomic E-state index is 8.91. The monoisotopic (exact) mass is 208 g/mol. The predicted molar refractivity (Wildman–Crippen MR) is 62.9 cm³/mol. The number of anilines is 1. The molecular weight excluding hydrogens is 188 g/mol. The van der Waals surface area contributed by atoms with Gasteiger partial charge in [-0.3, -0.25) is 0 Å². The first-order valence-corrected chi connectivity index (χ1v) is 5.47. The highest BCUT2D eigenvalue weighted by Crippen LogP contribution is 2.14. The maximum atomic E-state index is 8.91. The minimum Gasteiger partial charge on any atom is -0.392 e. The second-order valence-electron chi connectivity index (χ2n) is 3.93. The summed E-state index contributed by atoms with van der Waals surface area (Å²) in [5.74, 6) is 0.966. The third-order valence-electron chi connectivity index (χ3n) is 2.72. The Kier molecular flexibility index (Phi) is 4.56. The lowest BCUT2D eigenvalue weighted by atomic mass is 10.1. The fourth-order valence-corrected chi connectivity index (χ4v) is 1.56. The Hall–Kier alpha value is -1.09. The Bertz CT molecular complexity index is 284. The van der Waals surface area contributed by atoms with E-state index >= 15 is 0 Å². The van der Waals surface area contributed by atoms with Crippen LogP contribution in [0.1, 0.15) is 32.3 Å². The minimum absolute atomic E-state index is 0.0571. The van der Waals surface area contributed by atoms with Gasteiger partial charge in [0.2, 0.25) is 0 Å². The van der Waals surface area contributed by atoms with Crippen molar-refractivity contribution < 1.29 is 5.11 Å². The van der Waals surface area contributed by atoms with Crippen molar-refractivity contribution in [2.75, 3.05) is 11.9 Å². The van der Waals surface area contributed by atoms with Crippen molar-refractivity contribution in [2.45, 2.75) is 39.3 Å². The van der Waals surface area contributed by atoms with Gasteiger partial charge in [0.15, 0.2) is 0 Å². The van der Waals surface area contributed by atoms with E-state index in [1.54, 1.807) is 6.20 Å². The van der Waals surface area contributed by atoms with Crippen molar-refractivity contribution in [2.24, 2.45) is 0 Å². The summed E-state index contributed by atoms with van der Waals surface area (Å²) in [6, 6.07) is 4.37. The lowest BCUT2D eigenvalue weighted by Gasteiger charge is -2.25. The van der Waals surface area contributed by atoms with Crippen molar-refractivity contribution in [3.8, 4) is 0 Å². The molecule has 1 atom stereocenters. The summed E-state index contributed by atoms with van der Waals surface area (Å²) >= 11 is 0. The van der Waals surface area contributed by atoms with Crippen molar-refractivity contribution in [3.63, 3.8) is 0 Å². The molecular formula is C12H20N2O. The van der Waals surface area contributed by atoms with Crippen LogP contribution in [0.4, 0.5) is 5.82 Å². The van der Waals surface area contributed by atoms with Crippen LogP contribution in [0, 0.1) is 0 Å². The zero-order valence-electron chi connectivity index (χ0n) is 9.77.